The number of hydrogen-bond acceptors (Lipinski definition) is 3. The minimum Gasteiger partial charge on any atom is -0.464 e. The number of nitrogens with zero attached hydrogens (tertiary/aromatic N) is 1. The van der Waals surface area contributed by atoms with Crippen molar-refractivity contribution >= 4 is 17.0 Å². The molecule has 5 heteroatoms. The third-order valence-corrected chi connectivity index (χ3v) is 3.53. The molecule has 3 rings (SSSR count). The van der Waals surface area contributed by atoms with Crippen LogP contribution in [0.25, 0.3) is 11.0 Å². The van der Waals surface area contributed by atoms with Crippen LogP contribution < -0.4 is 5.32 Å². The van der Waals surface area contributed by atoms with Crippen LogP contribution in [0, 0.1) is 0 Å². The second kappa shape index (κ2) is 5.96. The van der Waals surface area contributed by atoms with Gasteiger partial charge in [-0.15, -0.1) is 0 Å². The zero-order valence-corrected chi connectivity index (χ0v) is 11.3. The monoisotopic (exact) mass is 274 g/mol. The number of amides is 2. The van der Waals surface area contributed by atoms with E-state index in [1.165, 1.54) is 0 Å². The minimum atomic E-state index is -0.0129. The van der Waals surface area contributed by atoms with E-state index in [9.17, 15) is 4.79 Å². The largest absolute Gasteiger partial charge is 0.464 e. The Balaban J connectivity index is 1.53. The maximum Gasteiger partial charge on any atom is 0.317 e. The number of urea groups is 1. The van der Waals surface area contributed by atoms with Gasteiger partial charge in [-0.05, 0) is 18.1 Å². The van der Waals surface area contributed by atoms with Gasteiger partial charge in [-0.1, -0.05) is 18.2 Å². The quantitative estimate of drug-likeness (QED) is 0.931. The number of fused-ring (bicyclic) bond motifs is 1. The molecule has 1 fully saturated rings. The van der Waals surface area contributed by atoms with E-state index < -0.39 is 0 Å². The number of morpholine rings is 1. The normalized spacial score (nSPS) is 15.5. The number of nitrogens with one attached hydrogen (secondary N) is 1. The highest BCUT2D eigenvalue weighted by Crippen LogP contribution is 2.20. The molecule has 2 amide bonds. The highest BCUT2D eigenvalue weighted by molar-refractivity contribution is 5.81. The Labute approximate surface area is 117 Å². The van der Waals surface area contributed by atoms with Gasteiger partial charge in [-0.3, -0.25) is 0 Å². The zero-order valence-electron chi connectivity index (χ0n) is 11.3. The summed E-state index contributed by atoms with van der Waals surface area (Å²) in [5, 5.41) is 4.06. The first kappa shape index (κ1) is 13.0. The molecule has 0 spiro atoms. The molecule has 0 saturated carbocycles. The van der Waals surface area contributed by atoms with Gasteiger partial charge in [-0.2, -0.15) is 0 Å². The van der Waals surface area contributed by atoms with Gasteiger partial charge >= 0.3 is 6.03 Å². The van der Waals surface area contributed by atoms with Gasteiger partial charge in [-0.25, -0.2) is 4.79 Å². The van der Waals surface area contributed by atoms with E-state index in [1.54, 1.807) is 11.2 Å². The molecule has 0 bridgehead atoms. The molecular weight excluding hydrogens is 256 g/mol. The second-order valence-electron chi connectivity index (χ2n) is 4.84. The number of hydrogen-bond donors (Lipinski definition) is 1. The molecule has 1 aromatic heterocycles. The predicted octanol–water partition coefficient (Wildman–Crippen LogP) is 2.02. The highest BCUT2D eigenvalue weighted by Gasteiger charge is 2.16. The lowest BCUT2D eigenvalue weighted by Crippen LogP contribution is -2.46. The molecule has 106 valence electrons. The fourth-order valence-electron chi connectivity index (χ4n) is 2.41. The number of para-hydroxylation sites is 1. The van der Waals surface area contributed by atoms with Crippen LogP contribution in [0.2, 0.25) is 0 Å². The first-order valence-corrected chi connectivity index (χ1v) is 6.90. The smallest absolute Gasteiger partial charge is 0.317 e. The van der Waals surface area contributed by atoms with Crippen molar-refractivity contribution in [3.8, 4) is 0 Å². The Bertz CT molecular complexity index is 588. The molecule has 0 aliphatic carbocycles. The first-order valence-electron chi connectivity index (χ1n) is 6.90. The van der Waals surface area contributed by atoms with Gasteiger partial charge < -0.3 is 19.4 Å². The van der Waals surface area contributed by atoms with E-state index >= 15 is 0 Å². The number of carbonyl (C=O) groups is 1. The molecule has 0 atom stereocenters. The van der Waals surface area contributed by atoms with Crippen LogP contribution in [0.4, 0.5) is 4.79 Å². The van der Waals surface area contributed by atoms with Crippen molar-refractivity contribution in [2.24, 2.45) is 0 Å². The highest BCUT2D eigenvalue weighted by atomic mass is 16.5. The number of benzene rings is 1. The molecule has 5 nitrogen and oxygen atoms in total. The Hall–Kier alpha value is -2.01. The van der Waals surface area contributed by atoms with E-state index in [-0.39, 0.29) is 6.03 Å². The summed E-state index contributed by atoms with van der Waals surface area (Å²) in [6.45, 7) is 3.19. The van der Waals surface area contributed by atoms with Gasteiger partial charge in [0.15, 0.2) is 0 Å². The molecule has 1 N–H and O–H groups in total. The molecular formula is C15H18N2O3. The minimum absolute atomic E-state index is 0.0129. The van der Waals surface area contributed by atoms with Gasteiger partial charge in [0.05, 0.1) is 19.5 Å². The van der Waals surface area contributed by atoms with Crippen LogP contribution in [-0.4, -0.2) is 43.8 Å². The fourth-order valence-corrected chi connectivity index (χ4v) is 2.41. The van der Waals surface area contributed by atoms with Crippen LogP contribution >= 0.6 is 0 Å². The maximum atomic E-state index is 11.9. The van der Waals surface area contributed by atoms with Crippen molar-refractivity contribution in [2.75, 3.05) is 32.8 Å². The lowest BCUT2D eigenvalue weighted by Gasteiger charge is -2.26. The third-order valence-electron chi connectivity index (χ3n) is 3.53. The molecule has 0 unspecified atom stereocenters. The van der Waals surface area contributed by atoms with Crippen molar-refractivity contribution in [3.63, 3.8) is 0 Å². The van der Waals surface area contributed by atoms with Gasteiger partial charge in [0.1, 0.15) is 5.58 Å². The average molecular weight is 274 g/mol. The average Bonchev–Trinajstić information content (AvgIpc) is 2.92. The SMILES string of the molecule is O=C(NCCc1coc2ccccc12)N1CCOCC1. The van der Waals surface area contributed by atoms with E-state index in [0.29, 0.717) is 32.8 Å². The Morgan fingerprint density at radius 1 is 1.25 bits per heavy atom. The van der Waals surface area contributed by atoms with Crippen molar-refractivity contribution in [1.29, 1.82) is 0 Å². The fraction of sp³-hybridized carbons (Fsp3) is 0.400. The van der Waals surface area contributed by atoms with E-state index in [0.717, 1.165) is 23.0 Å². The second-order valence-corrected chi connectivity index (χ2v) is 4.84. The van der Waals surface area contributed by atoms with Crippen molar-refractivity contribution < 1.29 is 13.9 Å². The molecule has 1 saturated heterocycles. The topological polar surface area (TPSA) is 54.7 Å². The maximum absolute atomic E-state index is 11.9. The summed E-state index contributed by atoms with van der Waals surface area (Å²) < 4.78 is 10.7. The van der Waals surface area contributed by atoms with Crippen molar-refractivity contribution in [2.45, 2.75) is 6.42 Å². The molecule has 1 aromatic carbocycles. The molecule has 1 aliphatic rings. The van der Waals surface area contributed by atoms with E-state index in [1.807, 2.05) is 24.3 Å². The van der Waals surface area contributed by atoms with Gasteiger partial charge in [0.2, 0.25) is 0 Å². The summed E-state index contributed by atoms with van der Waals surface area (Å²) in [4.78, 5) is 13.7. The van der Waals surface area contributed by atoms with Crippen LogP contribution in [0.3, 0.4) is 0 Å². The standard InChI is InChI=1S/C15H18N2O3/c18-15(17-7-9-19-10-8-17)16-6-5-12-11-20-14-4-2-1-3-13(12)14/h1-4,11H,5-10H2,(H,16,18). The van der Waals surface area contributed by atoms with Crippen molar-refractivity contribution in [1.82, 2.24) is 10.2 Å². The zero-order chi connectivity index (χ0) is 13.8. The van der Waals surface area contributed by atoms with E-state index in [2.05, 4.69) is 5.32 Å². The molecule has 1 aliphatic heterocycles. The number of carbonyl (C=O) groups excluding carboxylic acids is 1. The Morgan fingerprint density at radius 2 is 2.05 bits per heavy atom. The lowest BCUT2D eigenvalue weighted by atomic mass is 10.1. The Morgan fingerprint density at radius 3 is 2.90 bits per heavy atom. The van der Waals surface area contributed by atoms with Crippen LogP contribution in [0.1, 0.15) is 5.56 Å². The van der Waals surface area contributed by atoms with Crippen LogP contribution in [0.15, 0.2) is 34.9 Å². The molecule has 0 radical (unpaired) electrons. The molecule has 20 heavy (non-hydrogen) atoms. The lowest BCUT2D eigenvalue weighted by molar-refractivity contribution is 0.0533. The number of ether oxygens (including phenoxy) is 1. The van der Waals surface area contributed by atoms with Gasteiger partial charge in [0, 0.05) is 25.0 Å². The van der Waals surface area contributed by atoms with Crippen LogP contribution in [0.5, 0.6) is 0 Å². The molecule has 2 heterocycles. The predicted molar refractivity (Wildman–Crippen MR) is 75.7 cm³/mol. The third kappa shape index (κ3) is 2.77. The van der Waals surface area contributed by atoms with Crippen LogP contribution in [-0.2, 0) is 11.2 Å². The summed E-state index contributed by atoms with van der Waals surface area (Å²) in [5.74, 6) is 0. The summed E-state index contributed by atoms with van der Waals surface area (Å²) >= 11 is 0. The first-order chi connectivity index (χ1) is 9.84. The summed E-state index contributed by atoms with van der Waals surface area (Å²) in [5.41, 5.74) is 2.02. The summed E-state index contributed by atoms with van der Waals surface area (Å²) in [6, 6.07) is 7.92. The van der Waals surface area contributed by atoms with E-state index in [4.69, 9.17) is 9.15 Å². The number of furan rings is 1. The Kier molecular flexibility index (Phi) is 3.87. The number of rotatable bonds is 3. The summed E-state index contributed by atoms with van der Waals surface area (Å²) in [7, 11) is 0. The molecule has 2 aromatic rings. The van der Waals surface area contributed by atoms with Gasteiger partial charge in [0.25, 0.3) is 0 Å². The van der Waals surface area contributed by atoms with Crippen molar-refractivity contribution in [3.05, 3.63) is 36.1 Å². The summed E-state index contributed by atoms with van der Waals surface area (Å²) in [6.07, 6.45) is 2.54.